The molecule has 0 atom stereocenters. The van der Waals surface area contributed by atoms with Gasteiger partial charge in [-0.1, -0.05) is 74.9 Å². The maximum Gasteiger partial charge on any atom is 0.0823 e. The van der Waals surface area contributed by atoms with Crippen molar-refractivity contribution < 1.29 is 0 Å². The first kappa shape index (κ1) is 22.6. The zero-order valence-electron chi connectivity index (χ0n) is 20.9. The molecule has 2 aromatic heterocycles. The fourth-order valence-electron chi connectivity index (χ4n) is 4.66. The molecule has 2 heterocycles. The number of benzene rings is 3. The molecule has 0 bridgehead atoms. The van der Waals surface area contributed by atoms with Crippen LogP contribution in [0.25, 0.3) is 43.0 Å². The van der Waals surface area contributed by atoms with Gasteiger partial charge in [0.05, 0.1) is 15.9 Å². The average molecular weight is 462 g/mol. The minimum Gasteiger partial charge on any atom is -0.247 e. The van der Waals surface area contributed by atoms with Gasteiger partial charge in [0.25, 0.3) is 0 Å². The lowest BCUT2D eigenvalue weighted by molar-refractivity contribution is 0.590. The number of aromatic nitrogens is 1. The van der Waals surface area contributed by atoms with Gasteiger partial charge < -0.3 is 0 Å². The average Bonchev–Trinajstić information content (AvgIpc) is 3.22. The predicted octanol–water partition coefficient (Wildman–Crippen LogP) is 9.52. The molecule has 0 fully saturated rings. The summed E-state index contributed by atoms with van der Waals surface area (Å²) in [5.41, 5.74) is 12.5. The fraction of sp³-hybridized carbons (Fsp3) is 0.219. The van der Waals surface area contributed by atoms with Crippen molar-refractivity contribution in [1.82, 2.24) is 4.98 Å². The van der Waals surface area contributed by atoms with Crippen LogP contribution in [-0.4, -0.2) is 4.98 Å². The molecule has 1 nitrogen and oxygen atoms in total. The highest BCUT2D eigenvalue weighted by Gasteiger charge is 2.16. The molecule has 0 amide bonds. The molecule has 0 unspecified atom stereocenters. The molecule has 3 aromatic carbocycles. The van der Waals surface area contributed by atoms with Crippen LogP contribution in [0.1, 0.15) is 43.0 Å². The Kier molecular flexibility index (Phi) is 5.65. The van der Waals surface area contributed by atoms with Crippen LogP contribution in [-0.2, 0) is 5.41 Å². The Morgan fingerprint density at radius 2 is 1.35 bits per heavy atom. The molecule has 0 aliphatic heterocycles. The second kappa shape index (κ2) is 8.52. The van der Waals surface area contributed by atoms with E-state index in [1.807, 2.05) is 11.3 Å². The third kappa shape index (κ3) is 4.31. The van der Waals surface area contributed by atoms with Crippen LogP contribution in [0.5, 0.6) is 0 Å². The van der Waals surface area contributed by atoms with Crippen molar-refractivity contribution in [1.29, 1.82) is 0 Å². The summed E-state index contributed by atoms with van der Waals surface area (Å²) in [4.78, 5) is 6.31. The first-order chi connectivity index (χ1) is 16.2. The Bertz CT molecular complexity index is 1480. The largest absolute Gasteiger partial charge is 0.247 e. The van der Waals surface area contributed by atoms with Gasteiger partial charge >= 0.3 is 0 Å². The summed E-state index contributed by atoms with van der Waals surface area (Å²) in [6.45, 7) is 13.3. The fourth-order valence-corrected chi connectivity index (χ4v) is 5.67. The van der Waals surface area contributed by atoms with Gasteiger partial charge in [0.2, 0.25) is 0 Å². The van der Waals surface area contributed by atoms with E-state index in [1.54, 1.807) is 0 Å². The third-order valence-corrected chi connectivity index (χ3v) is 7.69. The summed E-state index contributed by atoms with van der Waals surface area (Å²) in [6.07, 6.45) is 0. The SMILES string of the molecule is Cc1cc(-c2ccc3sc(-c4ccc(-c5c(C)cccc5C)cc4)cc3n2)cc(C(C)(C)C)c1. The highest BCUT2D eigenvalue weighted by molar-refractivity contribution is 7.22. The minimum absolute atomic E-state index is 0.114. The van der Waals surface area contributed by atoms with E-state index in [9.17, 15) is 0 Å². The van der Waals surface area contributed by atoms with Gasteiger partial charge in [0, 0.05) is 10.4 Å². The van der Waals surface area contributed by atoms with E-state index in [2.05, 4.69) is 120 Å². The van der Waals surface area contributed by atoms with E-state index in [0.29, 0.717) is 0 Å². The molecule has 5 rings (SSSR count). The highest BCUT2D eigenvalue weighted by Crippen LogP contribution is 2.36. The van der Waals surface area contributed by atoms with E-state index in [1.165, 1.54) is 54.1 Å². The summed E-state index contributed by atoms with van der Waals surface area (Å²) in [6, 6.07) is 28.9. The second-order valence-corrected chi connectivity index (χ2v) is 11.5. The lowest BCUT2D eigenvalue weighted by Gasteiger charge is -2.20. The van der Waals surface area contributed by atoms with Gasteiger partial charge in [0.1, 0.15) is 0 Å². The number of nitrogens with zero attached hydrogens (tertiary/aromatic N) is 1. The monoisotopic (exact) mass is 461 g/mol. The molecule has 5 aromatic rings. The molecule has 0 aliphatic rings. The minimum atomic E-state index is 0.114. The number of fused-ring (bicyclic) bond motifs is 1. The van der Waals surface area contributed by atoms with Crippen molar-refractivity contribution in [2.45, 2.75) is 47.0 Å². The van der Waals surface area contributed by atoms with Crippen LogP contribution in [0, 0.1) is 20.8 Å². The first-order valence-corrected chi connectivity index (χ1v) is 12.7. The quantitative estimate of drug-likeness (QED) is 0.261. The summed E-state index contributed by atoms with van der Waals surface area (Å²) in [7, 11) is 0. The summed E-state index contributed by atoms with van der Waals surface area (Å²) in [5, 5.41) is 0. The smallest absolute Gasteiger partial charge is 0.0823 e. The third-order valence-electron chi connectivity index (χ3n) is 6.55. The normalized spacial score (nSPS) is 11.8. The molecule has 2 heteroatoms. The zero-order valence-corrected chi connectivity index (χ0v) is 21.7. The van der Waals surface area contributed by atoms with Crippen LogP contribution in [0.2, 0.25) is 0 Å². The number of hydrogen-bond donors (Lipinski definition) is 0. The van der Waals surface area contributed by atoms with Crippen molar-refractivity contribution in [3.63, 3.8) is 0 Å². The molecule has 0 radical (unpaired) electrons. The van der Waals surface area contributed by atoms with Gasteiger partial charge in [0.15, 0.2) is 0 Å². The van der Waals surface area contributed by atoms with E-state index >= 15 is 0 Å². The lowest BCUT2D eigenvalue weighted by Crippen LogP contribution is -2.11. The van der Waals surface area contributed by atoms with Crippen LogP contribution in [0.4, 0.5) is 0 Å². The molecule has 0 aliphatic carbocycles. The van der Waals surface area contributed by atoms with Crippen LogP contribution in [0.3, 0.4) is 0 Å². The summed E-state index contributed by atoms with van der Waals surface area (Å²) >= 11 is 1.81. The molecule has 34 heavy (non-hydrogen) atoms. The molecular formula is C32H31NS. The highest BCUT2D eigenvalue weighted by atomic mass is 32.1. The van der Waals surface area contributed by atoms with Gasteiger partial charge in [-0.05, 0) is 89.9 Å². The van der Waals surface area contributed by atoms with Crippen molar-refractivity contribution >= 4 is 21.6 Å². The standard InChI is InChI=1S/C32H31NS/c1-20-16-25(18-26(17-20)32(4,5)6)27-14-15-29-28(33-27)19-30(34-29)23-10-12-24(13-11-23)31-21(2)8-7-9-22(31)3/h7-19H,1-6H3. The van der Waals surface area contributed by atoms with Crippen molar-refractivity contribution in [2.24, 2.45) is 0 Å². The molecular weight excluding hydrogens is 430 g/mol. The number of pyridine rings is 1. The molecule has 0 spiro atoms. The van der Waals surface area contributed by atoms with Gasteiger partial charge in [-0.3, -0.25) is 0 Å². The maximum absolute atomic E-state index is 5.05. The van der Waals surface area contributed by atoms with Crippen LogP contribution >= 0.6 is 11.3 Å². The van der Waals surface area contributed by atoms with Crippen LogP contribution < -0.4 is 0 Å². The van der Waals surface area contributed by atoms with Crippen molar-refractivity contribution in [3.05, 3.63) is 101 Å². The van der Waals surface area contributed by atoms with E-state index in [0.717, 1.165) is 11.2 Å². The number of aryl methyl sites for hydroxylation is 3. The topological polar surface area (TPSA) is 12.9 Å². The predicted molar refractivity (Wildman–Crippen MR) is 149 cm³/mol. The van der Waals surface area contributed by atoms with Gasteiger partial charge in [-0.25, -0.2) is 4.98 Å². The Hall–Kier alpha value is -3.23. The molecule has 0 N–H and O–H groups in total. The zero-order chi connectivity index (χ0) is 24.0. The molecule has 0 saturated heterocycles. The van der Waals surface area contributed by atoms with Crippen molar-refractivity contribution in [2.75, 3.05) is 0 Å². The van der Waals surface area contributed by atoms with Gasteiger partial charge in [-0.2, -0.15) is 0 Å². The Labute approximate surface area is 207 Å². The van der Waals surface area contributed by atoms with Crippen LogP contribution in [0.15, 0.2) is 78.9 Å². The second-order valence-electron chi connectivity index (χ2n) is 10.4. The van der Waals surface area contributed by atoms with E-state index < -0.39 is 0 Å². The van der Waals surface area contributed by atoms with Gasteiger partial charge in [-0.15, -0.1) is 11.3 Å². The summed E-state index contributed by atoms with van der Waals surface area (Å²) < 4.78 is 1.22. The Balaban J connectivity index is 1.50. The maximum atomic E-state index is 5.05. The lowest BCUT2D eigenvalue weighted by atomic mass is 9.85. The van der Waals surface area contributed by atoms with E-state index in [-0.39, 0.29) is 5.41 Å². The summed E-state index contributed by atoms with van der Waals surface area (Å²) in [5.74, 6) is 0. The van der Waals surface area contributed by atoms with Crippen molar-refractivity contribution in [3.8, 4) is 32.8 Å². The molecule has 170 valence electrons. The molecule has 0 saturated carbocycles. The van der Waals surface area contributed by atoms with E-state index in [4.69, 9.17) is 4.98 Å². The Morgan fingerprint density at radius 3 is 2.03 bits per heavy atom. The first-order valence-electron chi connectivity index (χ1n) is 11.9. The number of thiophene rings is 1. The number of hydrogen-bond acceptors (Lipinski definition) is 2. The number of rotatable bonds is 3. The Morgan fingerprint density at radius 1 is 0.676 bits per heavy atom.